The van der Waals surface area contributed by atoms with E-state index >= 15 is 0 Å². The van der Waals surface area contributed by atoms with Gasteiger partial charge in [-0.3, -0.25) is 4.79 Å². The molecule has 0 spiro atoms. The lowest BCUT2D eigenvalue weighted by Crippen LogP contribution is -2.61. The Balaban J connectivity index is 1.50. The fourth-order valence-electron chi connectivity index (χ4n) is 7.05. The Morgan fingerprint density at radius 2 is 1.92 bits per heavy atom. The normalized spacial score (nSPS) is 25.8. The van der Waals surface area contributed by atoms with Crippen LogP contribution in [0.2, 0.25) is 0 Å². The fourth-order valence-corrected chi connectivity index (χ4v) is 7.05. The summed E-state index contributed by atoms with van der Waals surface area (Å²) in [5, 5.41) is 10.4. The highest BCUT2D eigenvalue weighted by molar-refractivity contribution is 5.76. The van der Waals surface area contributed by atoms with Crippen LogP contribution in [-0.4, -0.2) is 66.8 Å². The van der Waals surface area contributed by atoms with Gasteiger partial charge in [0.1, 0.15) is 5.75 Å². The summed E-state index contributed by atoms with van der Waals surface area (Å²) >= 11 is 0. The van der Waals surface area contributed by atoms with Crippen molar-refractivity contribution < 1.29 is 14.6 Å². The number of ether oxygens (including phenoxy) is 1. The molecule has 2 aliphatic rings. The van der Waals surface area contributed by atoms with Crippen molar-refractivity contribution in [3.63, 3.8) is 0 Å². The van der Waals surface area contributed by atoms with Crippen LogP contribution in [0.4, 0.5) is 0 Å². The van der Waals surface area contributed by atoms with E-state index in [0.717, 1.165) is 64.6 Å². The number of piperidine rings is 1. The number of methoxy groups -OCH3 is 1. The number of amides is 1. The van der Waals surface area contributed by atoms with Crippen molar-refractivity contribution in [1.29, 1.82) is 0 Å². The van der Waals surface area contributed by atoms with E-state index in [1.165, 1.54) is 11.1 Å². The molecule has 0 bridgehead atoms. The predicted molar refractivity (Wildman–Crippen MR) is 154 cm³/mol. The summed E-state index contributed by atoms with van der Waals surface area (Å²) in [5.74, 6) is 1.34. The van der Waals surface area contributed by atoms with Gasteiger partial charge in [0.05, 0.1) is 6.10 Å². The van der Waals surface area contributed by atoms with E-state index in [9.17, 15) is 9.90 Å². The molecule has 1 saturated heterocycles. The van der Waals surface area contributed by atoms with E-state index in [-0.39, 0.29) is 23.5 Å². The molecule has 1 N–H and O–H groups in total. The minimum Gasteiger partial charge on any atom is -0.508 e. The third-order valence-corrected chi connectivity index (χ3v) is 8.96. The molecule has 1 amide bonds. The molecule has 2 fully saturated rings. The molecule has 1 heterocycles. The molecule has 4 rings (SSSR count). The zero-order valence-electron chi connectivity index (χ0n) is 23.9. The summed E-state index contributed by atoms with van der Waals surface area (Å²) < 4.78 is 6.18. The number of likely N-dealkylation sites (tertiary alicyclic amines) is 1. The Bertz CT molecular complexity index is 1030. The summed E-state index contributed by atoms with van der Waals surface area (Å²) in [6.07, 6.45) is 7.71. The number of aryl methyl sites for hydroxylation is 1. The lowest BCUT2D eigenvalue weighted by Gasteiger charge is -2.56. The van der Waals surface area contributed by atoms with E-state index in [1.807, 2.05) is 19.2 Å². The average molecular weight is 521 g/mol. The maximum Gasteiger partial charge on any atom is 0.222 e. The van der Waals surface area contributed by atoms with Gasteiger partial charge in [0.2, 0.25) is 5.91 Å². The summed E-state index contributed by atoms with van der Waals surface area (Å²) in [4.78, 5) is 18.4. The maximum absolute atomic E-state index is 13.8. The number of aromatic hydroxyl groups is 1. The number of fused-ring (bicyclic) bond motifs is 1. The van der Waals surface area contributed by atoms with Crippen LogP contribution in [0.3, 0.4) is 0 Å². The number of benzene rings is 2. The van der Waals surface area contributed by atoms with Crippen molar-refractivity contribution in [3.8, 4) is 5.75 Å². The van der Waals surface area contributed by atoms with E-state index in [0.29, 0.717) is 24.0 Å². The first kappa shape index (κ1) is 28.6. The second-order valence-electron chi connectivity index (χ2n) is 12.2. The van der Waals surface area contributed by atoms with E-state index in [1.54, 1.807) is 6.07 Å². The molecule has 4 atom stereocenters. The van der Waals surface area contributed by atoms with E-state index < -0.39 is 0 Å². The number of unbranched alkanes of at least 4 members (excludes halogenated alkanes) is 2. The standard InChI is InChI=1S/C33H48N2O3/c1-25(2)23-35(32(37)17-10-6-9-14-26-12-7-5-8-13-26)28-21-31(38-4)30-24-34(3)19-18-33(30,22-28)27-15-11-16-29(36)20-27/h5,7-8,11-13,15-16,20,25,28,30-31,36H,6,9-10,14,17-19,21-24H2,1-4H3. The minimum atomic E-state index is -0.111. The Hall–Kier alpha value is -2.37. The number of hydrogen-bond donors (Lipinski definition) is 1. The predicted octanol–water partition coefficient (Wildman–Crippen LogP) is 6.05. The molecule has 1 aliphatic heterocycles. The number of rotatable bonds is 11. The Morgan fingerprint density at radius 1 is 1.13 bits per heavy atom. The molecular weight excluding hydrogens is 472 g/mol. The SMILES string of the molecule is COC1CC(N(CC(C)C)C(=O)CCCCCc2ccccc2)CC2(c3cccc(O)c3)CCN(C)CC12. The first-order valence-electron chi connectivity index (χ1n) is 14.7. The number of carbonyl (C=O) groups excluding carboxylic acids is 1. The molecule has 0 radical (unpaired) electrons. The van der Waals surface area contributed by atoms with Crippen LogP contribution in [0.5, 0.6) is 5.75 Å². The van der Waals surface area contributed by atoms with Crippen LogP contribution >= 0.6 is 0 Å². The molecule has 0 aromatic heterocycles. The summed E-state index contributed by atoms with van der Waals surface area (Å²) in [6, 6.07) is 18.6. The molecule has 4 unspecified atom stereocenters. The van der Waals surface area contributed by atoms with Crippen LogP contribution < -0.4 is 0 Å². The van der Waals surface area contributed by atoms with Crippen LogP contribution in [0.25, 0.3) is 0 Å². The lowest BCUT2D eigenvalue weighted by atomic mass is 9.56. The Labute approximate surface area is 230 Å². The van der Waals surface area contributed by atoms with Crippen LogP contribution in [0, 0.1) is 11.8 Å². The van der Waals surface area contributed by atoms with Crippen LogP contribution in [0.1, 0.15) is 69.9 Å². The molecule has 1 aliphatic carbocycles. The van der Waals surface area contributed by atoms with Gasteiger partial charge in [-0.25, -0.2) is 0 Å². The van der Waals surface area contributed by atoms with Crippen LogP contribution in [0.15, 0.2) is 54.6 Å². The van der Waals surface area contributed by atoms with Crippen molar-refractivity contribution in [1.82, 2.24) is 9.80 Å². The summed E-state index contributed by atoms with van der Waals surface area (Å²) in [6.45, 7) is 7.18. The largest absolute Gasteiger partial charge is 0.508 e. The van der Waals surface area contributed by atoms with Gasteiger partial charge in [-0.2, -0.15) is 0 Å². The molecule has 2 aromatic rings. The third kappa shape index (κ3) is 6.79. The van der Waals surface area contributed by atoms with E-state index in [4.69, 9.17) is 4.74 Å². The molecule has 5 heteroatoms. The topological polar surface area (TPSA) is 53.0 Å². The van der Waals surface area contributed by atoms with Gasteiger partial charge in [0.25, 0.3) is 0 Å². The average Bonchev–Trinajstić information content (AvgIpc) is 2.91. The van der Waals surface area contributed by atoms with Crippen molar-refractivity contribution in [2.24, 2.45) is 11.8 Å². The lowest BCUT2D eigenvalue weighted by molar-refractivity contribution is -0.140. The second kappa shape index (κ2) is 13.1. The maximum atomic E-state index is 13.8. The van der Waals surface area contributed by atoms with Gasteiger partial charge in [0, 0.05) is 44.0 Å². The monoisotopic (exact) mass is 520 g/mol. The highest BCUT2D eigenvalue weighted by Gasteiger charge is 2.53. The summed E-state index contributed by atoms with van der Waals surface area (Å²) in [5.41, 5.74) is 2.46. The fraction of sp³-hybridized carbons (Fsp3) is 0.606. The number of carbonyl (C=O) groups is 1. The van der Waals surface area contributed by atoms with Crippen molar-refractivity contribution in [2.45, 2.75) is 82.8 Å². The smallest absolute Gasteiger partial charge is 0.222 e. The number of phenolic OH excluding ortho intramolecular Hbond substituents is 1. The molecular formula is C33H48N2O3. The highest BCUT2D eigenvalue weighted by atomic mass is 16.5. The zero-order chi connectivity index (χ0) is 27.1. The van der Waals surface area contributed by atoms with E-state index in [2.05, 4.69) is 67.1 Å². The third-order valence-electron chi connectivity index (χ3n) is 8.96. The van der Waals surface area contributed by atoms with Crippen molar-refractivity contribution >= 4 is 5.91 Å². The Morgan fingerprint density at radius 3 is 2.63 bits per heavy atom. The molecule has 38 heavy (non-hydrogen) atoms. The van der Waals surface area contributed by atoms with Gasteiger partial charge in [-0.1, -0.05) is 62.7 Å². The number of hydrogen-bond acceptors (Lipinski definition) is 4. The number of nitrogens with zero attached hydrogens (tertiary/aromatic N) is 2. The van der Waals surface area contributed by atoms with Gasteiger partial charge >= 0.3 is 0 Å². The first-order chi connectivity index (χ1) is 18.3. The van der Waals surface area contributed by atoms with Crippen LogP contribution in [-0.2, 0) is 21.4 Å². The van der Waals surface area contributed by atoms with Gasteiger partial charge < -0.3 is 19.6 Å². The molecule has 5 nitrogen and oxygen atoms in total. The Kier molecular flexibility index (Phi) is 9.89. The van der Waals surface area contributed by atoms with Gasteiger partial charge in [-0.15, -0.1) is 0 Å². The van der Waals surface area contributed by atoms with Crippen molar-refractivity contribution in [2.75, 3.05) is 33.8 Å². The number of phenols is 1. The zero-order valence-corrected chi connectivity index (χ0v) is 23.9. The van der Waals surface area contributed by atoms with Gasteiger partial charge in [0.15, 0.2) is 0 Å². The highest BCUT2D eigenvalue weighted by Crippen LogP contribution is 2.51. The minimum absolute atomic E-state index is 0.0761. The van der Waals surface area contributed by atoms with Gasteiger partial charge in [-0.05, 0) is 81.3 Å². The molecule has 208 valence electrons. The molecule has 2 aromatic carbocycles. The molecule has 1 saturated carbocycles. The summed E-state index contributed by atoms with van der Waals surface area (Å²) in [7, 11) is 4.02. The second-order valence-corrected chi connectivity index (χ2v) is 12.2. The first-order valence-corrected chi connectivity index (χ1v) is 14.7. The van der Waals surface area contributed by atoms with Crippen molar-refractivity contribution in [3.05, 3.63) is 65.7 Å². The quantitative estimate of drug-likeness (QED) is 0.367.